The van der Waals surface area contributed by atoms with Crippen molar-refractivity contribution in [1.29, 1.82) is 0 Å². The van der Waals surface area contributed by atoms with Gasteiger partial charge in [0.15, 0.2) is 0 Å². The summed E-state index contributed by atoms with van der Waals surface area (Å²) in [5, 5.41) is 0. The topological polar surface area (TPSA) is 4.93 Å². The van der Waals surface area contributed by atoms with E-state index in [-0.39, 0.29) is 5.41 Å². The molecule has 0 aliphatic carbocycles. The predicted molar refractivity (Wildman–Crippen MR) is 74.8 cm³/mol. The van der Waals surface area contributed by atoms with Gasteiger partial charge in [-0.2, -0.15) is 0 Å². The zero-order chi connectivity index (χ0) is 13.2. The Morgan fingerprint density at radius 3 is 2.06 bits per heavy atom. The van der Waals surface area contributed by atoms with Crippen molar-refractivity contribution in [3.8, 4) is 0 Å². The van der Waals surface area contributed by atoms with Crippen LogP contribution < -0.4 is 0 Å². The van der Waals surface area contributed by atoms with Gasteiger partial charge in [0, 0.05) is 0 Å². The first-order valence-electron chi connectivity index (χ1n) is 6.23. The van der Waals surface area contributed by atoms with Gasteiger partial charge in [-0.25, -0.2) is 0 Å². The van der Waals surface area contributed by atoms with Crippen molar-refractivity contribution in [3.05, 3.63) is 59.4 Å². The van der Waals surface area contributed by atoms with Gasteiger partial charge in [0.25, 0.3) is 0 Å². The molecule has 0 unspecified atom stereocenters. The third-order valence-corrected chi connectivity index (χ3v) is 8.50. The Kier molecular flexibility index (Phi) is 4.02. The Balaban J connectivity index is 2.29. The monoisotopic (exact) mass is 410 g/mol. The van der Waals surface area contributed by atoms with Crippen LogP contribution in [0, 0.1) is 13.8 Å². The molecule has 0 bridgehead atoms. The molecule has 0 radical (unpaired) electrons. The summed E-state index contributed by atoms with van der Waals surface area (Å²) >= 11 is -0.653. The standard InChI is InChI=1S/C10H12.C6H8N.W/c1-10(2,3)9-7-5-4-6-8-9;1-5-3-4-6(2)7-5;/h1,4-8H,2-3H3;3-4H,1-2H3;/q;-1;+1. The first-order valence-corrected chi connectivity index (χ1v) is 9.23. The Morgan fingerprint density at radius 1 is 0.944 bits per heavy atom. The summed E-state index contributed by atoms with van der Waals surface area (Å²) < 4.78 is 5.08. The van der Waals surface area contributed by atoms with Gasteiger partial charge in [-0.15, -0.1) is 0 Å². The summed E-state index contributed by atoms with van der Waals surface area (Å²) in [5.41, 5.74) is 4.39. The molecule has 1 aromatic heterocycles. The summed E-state index contributed by atoms with van der Waals surface area (Å²) in [6.45, 7) is 9.04. The molecule has 0 aliphatic heterocycles. The van der Waals surface area contributed by atoms with E-state index in [0.717, 1.165) is 0 Å². The minimum absolute atomic E-state index is 0.176. The second-order valence-electron chi connectivity index (χ2n) is 5.22. The molecule has 1 nitrogen and oxygen atoms in total. The molecule has 0 atom stereocenters. The van der Waals surface area contributed by atoms with Gasteiger partial charge in [0.2, 0.25) is 0 Å². The van der Waals surface area contributed by atoms with Gasteiger partial charge in [0.05, 0.1) is 0 Å². The maximum absolute atomic E-state index is 2.56. The molecule has 0 aliphatic rings. The van der Waals surface area contributed by atoms with Gasteiger partial charge in [-0.1, -0.05) is 0 Å². The summed E-state index contributed by atoms with van der Waals surface area (Å²) in [4.78, 5) is 0. The Labute approximate surface area is 118 Å². The molecule has 95 valence electrons. The van der Waals surface area contributed by atoms with Gasteiger partial charge in [0.1, 0.15) is 0 Å². The van der Waals surface area contributed by atoms with Crippen molar-refractivity contribution < 1.29 is 18.4 Å². The van der Waals surface area contributed by atoms with Crippen LogP contribution in [0.3, 0.4) is 0 Å². The molecule has 1 heterocycles. The van der Waals surface area contributed by atoms with Crippen molar-refractivity contribution in [2.75, 3.05) is 0 Å². The van der Waals surface area contributed by atoms with Crippen LogP contribution >= 0.6 is 0 Å². The van der Waals surface area contributed by atoms with Crippen LogP contribution in [0.2, 0.25) is 0 Å². The summed E-state index contributed by atoms with van der Waals surface area (Å²) in [5.74, 6) is 0. The van der Waals surface area contributed by atoms with Crippen LogP contribution in [-0.2, 0) is 23.8 Å². The van der Waals surface area contributed by atoms with E-state index in [1.807, 2.05) is 0 Å². The van der Waals surface area contributed by atoms with Crippen LogP contribution in [-0.4, -0.2) is 7.53 Å². The molecule has 1 aromatic carbocycles. The van der Waals surface area contributed by atoms with Crippen LogP contribution in [0.15, 0.2) is 42.5 Å². The Hall–Kier alpha value is -0.942. The van der Waals surface area contributed by atoms with Crippen molar-refractivity contribution in [3.63, 3.8) is 0 Å². The molecule has 0 saturated carbocycles. The molecular formula is C16H20NW. The quantitative estimate of drug-likeness (QED) is 0.727. The van der Waals surface area contributed by atoms with Gasteiger partial charge in [-0.05, 0) is 0 Å². The van der Waals surface area contributed by atoms with E-state index in [2.05, 4.69) is 77.7 Å². The molecule has 0 amide bonds. The van der Waals surface area contributed by atoms with E-state index in [9.17, 15) is 0 Å². The number of aryl methyl sites for hydroxylation is 2. The van der Waals surface area contributed by atoms with E-state index < -0.39 is 18.4 Å². The minimum atomic E-state index is -0.653. The summed E-state index contributed by atoms with van der Waals surface area (Å²) in [7, 11) is 0. The molecule has 18 heavy (non-hydrogen) atoms. The van der Waals surface area contributed by atoms with E-state index in [0.29, 0.717) is 0 Å². The zero-order valence-electron chi connectivity index (χ0n) is 11.5. The molecule has 2 heteroatoms. The zero-order valence-corrected chi connectivity index (χ0v) is 14.4. The molecule has 2 aromatic rings. The Bertz CT molecular complexity index is 530. The van der Waals surface area contributed by atoms with Crippen LogP contribution in [0.5, 0.6) is 0 Å². The van der Waals surface area contributed by atoms with E-state index in [4.69, 9.17) is 0 Å². The predicted octanol–water partition coefficient (Wildman–Crippen LogP) is 3.73. The second-order valence-corrected chi connectivity index (χ2v) is 8.14. The number of rotatable bonds is 3. The molecule has 0 spiro atoms. The first kappa shape index (κ1) is 13.5. The number of nitrogens with zero attached hydrogens (tertiary/aromatic N) is 1. The van der Waals surface area contributed by atoms with Crippen molar-refractivity contribution in [1.82, 2.24) is 3.13 Å². The van der Waals surface area contributed by atoms with Crippen LogP contribution in [0.1, 0.15) is 30.8 Å². The molecule has 0 N–H and O–H groups in total. The molecule has 0 fully saturated rings. The average Bonchev–Trinajstić information content (AvgIpc) is 2.68. The van der Waals surface area contributed by atoms with Crippen LogP contribution in [0.4, 0.5) is 0 Å². The average molecular weight is 410 g/mol. The normalized spacial score (nSPS) is 12.2. The third-order valence-electron chi connectivity index (χ3n) is 3.18. The SMILES string of the molecule is Cc1ccc(C)[n]1[W]=[CH]C(C)(C)c1ccccc1. The van der Waals surface area contributed by atoms with Crippen LogP contribution in [0.25, 0.3) is 0 Å². The number of hydrogen-bond acceptors (Lipinski definition) is 0. The number of aromatic nitrogens is 1. The van der Waals surface area contributed by atoms with E-state index >= 15 is 0 Å². The van der Waals surface area contributed by atoms with Crippen molar-refractivity contribution in [2.24, 2.45) is 0 Å². The van der Waals surface area contributed by atoms with Crippen molar-refractivity contribution in [2.45, 2.75) is 33.1 Å². The summed E-state index contributed by atoms with van der Waals surface area (Å²) in [6.07, 6.45) is 0. The fourth-order valence-electron chi connectivity index (χ4n) is 1.94. The fraction of sp³-hybridized carbons (Fsp3) is 0.312. The second kappa shape index (κ2) is 5.36. The number of benzene rings is 1. The number of hydrogen-bond donors (Lipinski definition) is 0. The maximum atomic E-state index is 2.56. The van der Waals surface area contributed by atoms with Gasteiger partial charge < -0.3 is 0 Å². The van der Waals surface area contributed by atoms with E-state index in [1.54, 1.807) is 0 Å². The Morgan fingerprint density at radius 2 is 1.50 bits per heavy atom. The fourth-order valence-corrected chi connectivity index (χ4v) is 5.39. The van der Waals surface area contributed by atoms with E-state index in [1.165, 1.54) is 17.0 Å². The first-order chi connectivity index (χ1) is 8.50. The van der Waals surface area contributed by atoms with Gasteiger partial charge >= 0.3 is 118 Å². The molecular weight excluding hydrogens is 390 g/mol. The third kappa shape index (κ3) is 2.90. The molecule has 0 saturated heterocycles. The molecule has 2 rings (SSSR count). The summed E-state index contributed by atoms with van der Waals surface area (Å²) in [6, 6.07) is 15.2. The van der Waals surface area contributed by atoms with Crippen molar-refractivity contribution >= 4 is 4.40 Å². The van der Waals surface area contributed by atoms with Gasteiger partial charge in [-0.3, -0.25) is 0 Å².